The number of fused-ring (bicyclic) bond motifs is 1. The number of hydrazine groups is 1. The Morgan fingerprint density at radius 2 is 1.76 bits per heavy atom. The third kappa shape index (κ3) is 3.03. The Morgan fingerprint density at radius 1 is 1.14 bits per heavy atom. The molecule has 21 heavy (non-hydrogen) atoms. The van der Waals surface area contributed by atoms with Crippen molar-refractivity contribution in [2.24, 2.45) is 5.84 Å². The molecule has 0 saturated heterocycles. The highest BCUT2D eigenvalue weighted by Crippen LogP contribution is 2.36. The number of nitrogens with zero attached hydrogens (tertiary/aromatic N) is 1. The van der Waals surface area contributed by atoms with Gasteiger partial charge in [0, 0.05) is 5.39 Å². The van der Waals surface area contributed by atoms with E-state index in [2.05, 4.69) is 30.3 Å². The van der Waals surface area contributed by atoms with Crippen LogP contribution in [0, 0.1) is 0 Å². The van der Waals surface area contributed by atoms with Gasteiger partial charge in [-0.2, -0.15) is 0 Å². The van der Waals surface area contributed by atoms with E-state index < -0.39 is 0 Å². The maximum absolute atomic E-state index is 5.71. The van der Waals surface area contributed by atoms with Crippen molar-refractivity contribution in [3.63, 3.8) is 0 Å². The van der Waals surface area contributed by atoms with Crippen LogP contribution >= 0.6 is 0 Å². The Morgan fingerprint density at radius 3 is 2.33 bits per heavy atom. The van der Waals surface area contributed by atoms with Crippen molar-refractivity contribution in [3.05, 3.63) is 23.8 Å². The van der Waals surface area contributed by atoms with Crippen LogP contribution in [-0.2, 0) is 0 Å². The van der Waals surface area contributed by atoms with Crippen LogP contribution in [0.15, 0.2) is 18.2 Å². The van der Waals surface area contributed by atoms with Crippen LogP contribution in [0.5, 0.6) is 11.5 Å². The van der Waals surface area contributed by atoms with Crippen LogP contribution in [0.25, 0.3) is 10.9 Å². The van der Waals surface area contributed by atoms with E-state index in [0.29, 0.717) is 24.9 Å². The van der Waals surface area contributed by atoms with Gasteiger partial charge in [-0.15, -0.1) is 0 Å². The van der Waals surface area contributed by atoms with Gasteiger partial charge in [0.05, 0.1) is 13.2 Å². The van der Waals surface area contributed by atoms with E-state index in [4.69, 9.17) is 15.3 Å². The highest BCUT2D eigenvalue weighted by atomic mass is 16.5. The van der Waals surface area contributed by atoms with Crippen molar-refractivity contribution in [2.75, 3.05) is 18.6 Å². The second-order valence-electron chi connectivity index (χ2n) is 5.05. The van der Waals surface area contributed by atoms with Crippen molar-refractivity contribution in [1.29, 1.82) is 0 Å². The molecule has 1 aromatic carbocycles. The van der Waals surface area contributed by atoms with Gasteiger partial charge in [0.2, 0.25) is 0 Å². The summed E-state index contributed by atoms with van der Waals surface area (Å²) in [5.74, 6) is 8.15. The summed E-state index contributed by atoms with van der Waals surface area (Å²) >= 11 is 0. The van der Waals surface area contributed by atoms with E-state index in [1.54, 1.807) is 0 Å². The van der Waals surface area contributed by atoms with Gasteiger partial charge in [0.25, 0.3) is 0 Å². The van der Waals surface area contributed by atoms with Gasteiger partial charge in [-0.05, 0) is 43.5 Å². The van der Waals surface area contributed by atoms with Gasteiger partial charge in [-0.3, -0.25) is 0 Å². The van der Waals surface area contributed by atoms with E-state index >= 15 is 0 Å². The summed E-state index contributed by atoms with van der Waals surface area (Å²) in [5, 5.41) is 0.950. The number of hydrogen-bond donors (Lipinski definition) is 2. The number of nitrogens with two attached hydrogens (primary N) is 1. The molecular weight excluding hydrogens is 266 g/mol. The topological polar surface area (TPSA) is 69.4 Å². The maximum Gasteiger partial charge on any atom is 0.145 e. The molecule has 2 rings (SSSR count). The van der Waals surface area contributed by atoms with E-state index in [9.17, 15) is 0 Å². The lowest BCUT2D eigenvalue weighted by atomic mass is 10.0. The van der Waals surface area contributed by atoms with Gasteiger partial charge in [-0.25, -0.2) is 10.8 Å². The van der Waals surface area contributed by atoms with Crippen LogP contribution in [-0.4, -0.2) is 18.2 Å². The zero-order valence-electron chi connectivity index (χ0n) is 13.1. The minimum absolute atomic E-state index is 0.304. The smallest absolute Gasteiger partial charge is 0.145 e. The number of rotatable bonds is 6. The van der Waals surface area contributed by atoms with E-state index in [0.717, 1.165) is 28.0 Å². The van der Waals surface area contributed by atoms with Crippen molar-refractivity contribution in [2.45, 2.75) is 33.6 Å². The predicted octanol–water partition coefficient (Wildman–Crippen LogP) is 3.44. The number of nitrogens with one attached hydrogen (secondary N) is 1. The van der Waals surface area contributed by atoms with Gasteiger partial charge in [0.15, 0.2) is 0 Å². The minimum Gasteiger partial charge on any atom is -0.493 e. The molecule has 0 aliphatic heterocycles. The average molecular weight is 289 g/mol. The molecule has 0 atom stereocenters. The second kappa shape index (κ2) is 6.63. The Labute approximate surface area is 125 Å². The van der Waals surface area contributed by atoms with E-state index in [1.807, 2.05) is 26.0 Å². The minimum atomic E-state index is 0.304. The zero-order chi connectivity index (χ0) is 15.4. The monoisotopic (exact) mass is 289 g/mol. The molecule has 114 valence electrons. The zero-order valence-corrected chi connectivity index (χ0v) is 13.1. The lowest BCUT2D eigenvalue weighted by Crippen LogP contribution is -2.12. The Hall–Kier alpha value is -2.01. The fourth-order valence-electron chi connectivity index (χ4n) is 2.33. The van der Waals surface area contributed by atoms with Crippen LogP contribution in [0.4, 0.5) is 5.82 Å². The molecule has 0 radical (unpaired) electrons. The Bertz CT molecular complexity index is 626. The van der Waals surface area contributed by atoms with Crippen molar-refractivity contribution >= 4 is 16.7 Å². The Balaban J connectivity index is 2.73. The SMILES string of the molecule is CCOc1ccc(OCC)c2nc(NN)c(C(C)C)cc12. The standard InChI is InChI=1S/C16H23N3O2/c1-5-20-13-7-8-14(21-6-2)15-12(13)9-11(10(3)4)16(18-15)19-17/h7-10H,5-6,17H2,1-4H3,(H,18,19). The first kappa shape index (κ1) is 15.4. The molecule has 5 heteroatoms. The fourth-order valence-corrected chi connectivity index (χ4v) is 2.33. The van der Waals surface area contributed by atoms with Gasteiger partial charge in [0.1, 0.15) is 22.8 Å². The molecule has 1 aromatic heterocycles. The molecule has 2 aromatic rings. The van der Waals surface area contributed by atoms with Crippen LogP contribution in [0.3, 0.4) is 0 Å². The summed E-state index contributed by atoms with van der Waals surface area (Å²) in [6.07, 6.45) is 0. The van der Waals surface area contributed by atoms with E-state index in [-0.39, 0.29) is 0 Å². The number of benzene rings is 1. The normalized spacial score (nSPS) is 11.0. The largest absolute Gasteiger partial charge is 0.493 e. The van der Waals surface area contributed by atoms with Gasteiger partial charge in [-0.1, -0.05) is 13.8 Å². The summed E-state index contributed by atoms with van der Waals surface area (Å²) < 4.78 is 11.4. The van der Waals surface area contributed by atoms with Gasteiger partial charge < -0.3 is 14.9 Å². The number of hydrogen-bond acceptors (Lipinski definition) is 5. The molecular formula is C16H23N3O2. The molecule has 0 aliphatic carbocycles. The second-order valence-corrected chi connectivity index (χ2v) is 5.05. The molecule has 0 aliphatic rings. The van der Waals surface area contributed by atoms with Crippen molar-refractivity contribution in [1.82, 2.24) is 4.98 Å². The maximum atomic E-state index is 5.71. The number of ether oxygens (including phenoxy) is 2. The fraction of sp³-hybridized carbons (Fsp3) is 0.438. The molecule has 0 spiro atoms. The lowest BCUT2D eigenvalue weighted by Gasteiger charge is -2.16. The molecule has 0 amide bonds. The molecule has 0 bridgehead atoms. The summed E-state index contributed by atoms with van der Waals surface area (Å²) in [6, 6.07) is 5.90. The number of pyridine rings is 1. The summed E-state index contributed by atoms with van der Waals surface area (Å²) in [5.41, 5.74) is 4.50. The average Bonchev–Trinajstić information content (AvgIpc) is 2.48. The number of aromatic nitrogens is 1. The highest BCUT2D eigenvalue weighted by Gasteiger charge is 2.15. The first-order valence-corrected chi connectivity index (χ1v) is 7.32. The predicted molar refractivity (Wildman–Crippen MR) is 86.0 cm³/mol. The van der Waals surface area contributed by atoms with Crippen molar-refractivity contribution in [3.8, 4) is 11.5 Å². The summed E-state index contributed by atoms with van der Waals surface area (Å²) in [7, 11) is 0. The molecule has 0 saturated carbocycles. The quantitative estimate of drug-likeness (QED) is 0.629. The van der Waals surface area contributed by atoms with Gasteiger partial charge >= 0.3 is 0 Å². The highest BCUT2D eigenvalue weighted by molar-refractivity contribution is 5.92. The Kier molecular flexibility index (Phi) is 4.85. The third-order valence-corrected chi connectivity index (χ3v) is 3.30. The number of nitrogen functional groups attached to an aromatic ring is 1. The summed E-state index contributed by atoms with van der Waals surface area (Å²) in [6.45, 7) is 9.33. The van der Waals surface area contributed by atoms with Crippen molar-refractivity contribution < 1.29 is 9.47 Å². The van der Waals surface area contributed by atoms with Crippen LogP contribution < -0.4 is 20.7 Å². The molecule has 5 nitrogen and oxygen atoms in total. The third-order valence-electron chi connectivity index (χ3n) is 3.30. The lowest BCUT2D eigenvalue weighted by molar-refractivity contribution is 0.336. The molecule has 0 fully saturated rings. The van der Waals surface area contributed by atoms with E-state index in [1.165, 1.54) is 0 Å². The van der Waals surface area contributed by atoms with Crippen LogP contribution in [0.2, 0.25) is 0 Å². The molecule has 1 heterocycles. The summed E-state index contributed by atoms with van der Waals surface area (Å²) in [4.78, 5) is 4.64. The first-order valence-electron chi connectivity index (χ1n) is 7.32. The molecule has 3 N–H and O–H groups in total. The molecule has 0 unspecified atom stereocenters. The van der Waals surface area contributed by atoms with Crippen LogP contribution in [0.1, 0.15) is 39.2 Å². The number of anilines is 1. The first-order chi connectivity index (χ1) is 10.1.